The van der Waals surface area contributed by atoms with E-state index in [0.29, 0.717) is 5.56 Å². The molecule has 2 rings (SSSR count). The zero-order chi connectivity index (χ0) is 19.3. The maximum atomic E-state index is 12.5. The highest BCUT2D eigenvalue weighted by molar-refractivity contribution is 7.89. The van der Waals surface area contributed by atoms with Gasteiger partial charge in [0.1, 0.15) is 6.04 Å². The lowest BCUT2D eigenvalue weighted by Gasteiger charge is -2.20. The molecule has 0 heterocycles. The Kier molecular flexibility index (Phi) is 6.10. The lowest BCUT2D eigenvalue weighted by molar-refractivity contribution is -0.131. The Labute approximate surface area is 152 Å². The number of benzene rings is 2. The van der Waals surface area contributed by atoms with Crippen LogP contribution in [0.15, 0.2) is 53.4 Å². The van der Waals surface area contributed by atoms with E-state index >= 15 is 0 Å². The highest BCUT2D eigenvalue weighted by Gasteiger charge is 2.28. The van der Waals surface area contributed by atoms with Gasteiger partial charge >= 0.3 is 0 Å². The number of hydrogen-bond donors (Lipinski definition) is 3. The van der Waals surface area contributed by atoms with E-state index in [4.69, 9.17) is 10.5 Å². The molecule has 0 aliphatic carbocycles. The van der Waals surface area contributed by atoms with Gasteiger partial charge in [-0.2, -0.15) is 9.98 Å². The van der Waals surface area contributed by atoms with Crippen molar-refractivity contribution in [2.75, 3.05) is 0 Å². The fourth-order valence-corrected chi connectivity index (χ4v) is 3.70. The molecular weight excluding hydrogens is 354 g/mol. The third-order valence-electron chi connectivity index (χ3n) is 3.85. The molecule has 1 atom stereocenters. The van der Waals surface area contributed by atoms with Crippen LogP contribution in [0, 0.1) is 17.2 Å². The minimum atomic E-state index is -3.93. The highest BCUT2D eigenvalue weighted by atomic mass is 32.2. The summed E-state index contributed by atoms with van der Waals surface area (Å²) in [5.41, 5.74) is 3.65. The smallest absolute Gasteiger partial charge is 0.261 e. The number of carbonyl (C=O) groups excluding carboxylic acids is 1. The minimum Gasteiger partial charge on any atom is -0.289 e. The molecule has 0 aromatic heterocycles. The van der Waals surface area contributed by atoms with Crippen molar-refractivity contribution >= 4 is 15.9 Å². The van der Waals surface area contributed by atoms with Crippen molar-refractivity contribution in [3.63, 3.8) is 0 Å². The molecule has 2 aromatic rings. The molecule has 3 N–H and O–H groups in total. The predicted molar refractivity (Wildman–Crippen MR) is 95.5 cm³/mol. The van der Waals surface area contributed by atoms with Crippen LogP contribution >= 0.6 is 0 Å². The largest absolute Gasteiger partial charge is 0.289 e. The van der Waals surface area contributed by atoms with E-state index < -0.39 is 22.0 Å². The number of carbonyl (C=O) groups is 1. The summed E-state index contributed by atoms with van der Waals surface area (Å²) in [6.45, 7) is 3.33. The first-order valence-electron chi connectivity index (χ1n) is 7.85. The van der Waals surface area contributed by atoms with Gasteiger partial charge in [0.05, 0.1) is 16.5 Å². The molecule has 2 aromatic carbocycles. The van der Waals surface area contributed by atoms with Gasteiger partial charge < -0.3 is 0 Å². The van der Waals surface area contributed by atoms with Crippen molar-refractivity contribution in [3.8, 4) is 17.2 Å². The molecule has 26 heavy (non-hydrogen) atoms. The Morgan fingerprint density at radius 2 is 1.54 bits per heavy atom. The number of hydroxylamine groups is 1. The predicted octanol–water partition coefficient (Wildman–Crippen LogP) is 2.03. The lowest BCUT2D eigenvalue weighted by atomic mass is 10.0. The minimum absolute atomic E-state index is 0.00582. The summed E-state index contributed by atoms with van der Waals surface area (Å²) in [5, 5.41) is 17.6. The second kappa shape index (κ2) is 8.10. The normalized spacial score (nSPS) is 12.4. The summed E-state index contributed by atoms with van der Waals surface area (Å²) in [6.07, 6.45) is 0. The Bertz CT molecular complexity index is 914. The second-order valence-corrected chi connectivity index (χ2v) is 7.75. The molecule has 136 valence electrons. The molecule has 7 nitrogen and oxygen atoms in total. The van der Waals surface area contributed by atoms with E-state index in [-0.39, 0.29) is 10.8 Å². The summed E-state index contributed by atoms with van der Waals surface area (Å²) in [5.74, 6) is -1.17. The first-order chi connectivity index (χ1) is 12.3. The zero-order valence-electron chi connectivity index (χ0n) is 14.3. The molecule has 0 saturated heterocycles. The Morgan fingerprint density at radius 1 is 1.04 bits per heavy atom. The van der Waals surface area contributed by atoms with Gasteiger partial charge in [-0.1, -0.05) is 38.1 Å². The van der Waals surface area contributed by atoms with E-state index in [2.05, 4.69) is 4.72 Å². The SMILES string of the molecule is CC(C)[C@@H](NS(=O)(=O)c1ccc(-c2ccc(C#N)cc2)cc1)C(=O)NO. The Hall–Kier alpha value is -2.73. The number of rotatable bonds is 6. The van der Waals surface area contributed by atoms with Crippen molar-refractivity contribution in [2.45, 2.75) is 24.8 Å². The first kappa shape index (κ1) is 19.6. The molecule has 0 saturated carbocycles. The fraction of sp³-hybridized carbons (Fsp3) is 0.222. The number of nitrogens with one attached hydrogen (secondary N) is 2. The van der Waals surface area contributed by atoms with Crippen LogP contribution < -0.4 is 10.2 Å². The van der Waals surface area contributed by atoms with Crippen LogP contribution in [0.3, 0.4) is 0 Å². The van der Waals surface area contributed by atoms with Crippen molar-refractivity contribution in [1.82, 2.24) is 10.2 Å². The van der Waals surface area contributed by atoms with Crippen LogP contribution in [0.2, 0.25) is 0 Å². The summed E-state index contributed by atoms with van der Waals surface area (Å²) in [6, 6.07) is 14.0. The summed E-state index contributed by atoms with van der Waals surface area (Å²) < 4.78 is 27.3. The van der Waals surface area contributed by atoms with Crippen molar-refractivity contribution in [3.05, 3.63) is 54.1 Å². The number of nitriles is 1. The van der Waals surface area contributed by atoms with Crippen molar-refractivity contribution < 1.29 is 18.4 Å². The van der Waals surface area contributed by atoms with Crippen LogP contribution in [0.1, 0.15) is 19.4 Å². The number of sulfonamides is 1. The van der Waals surface area contributed by atoms with Crippen LogP contribution in [-0.4, -0.2) is 25.6 Å². The number of amides is 1. The van der Waals surface area contributed by atoms with Crippen LogP contribution in [0.4, 0.5) is 0 Å². The van der Waals surface area contributed by atoms with E-state index in [1.807, 2.05) is 6.07 Å². The zero-order valence-corrected chi connectivity index (χ0v) is 15.1. The summed E-state index contributed by atoms with van der Waals surface area (Å²) in [7, 11) is -3.93. The topological polar surface area (TPSA) is 119 Å². The van der Waals surface area contributed by atoms with Crippen molar-refractivity contribution in [2.24, 2.45) is 5.92 Å². The van der Waals surface area contributed by atoms with Crippen molar-refractivity contribution in [1.29, 1.82) is 5.26 Å². The molecule has 8 heteroatoms. The van der Waals surface area contributed by atoms with Gasteiger partial charge in [-0.05, 0) is 41.3 Å². The number of nitrogens with zero attached hydrogens (tertiary/aromatic N) is 1. The molecule has 0 radical (unpaired) electrons. The van der Waals surface area contributed by atoms with E-state index in [9.17, 15) is 13.2 Å². The molecule has 0 aliphatic rings. The third kappa shape index (κ3) is 4.46. The molecule has 0 unspecified atom stereocenters. The molecule has 0 fully saturated rings. The molecule has 0 spiro atoms. The van der Waals surface area contributed by atoms with Gasteiger partial charge in [0.15, 0.2) is 0 Å². The monoisotopic (exact) mass is 373 g/mol. The maximum Gasteiger partial charge on any atom is 0.261 e. The molecule has 1 amide bonds. The maximum absolute atomic E-state index is 12.5. The summed E-state index contributed by atoms with van der Waals surface area (Å²) in [4.78, 5) is 11.6. The highest BCUT2D eigenvalue weighted by Crippen LogP contribution is 2.22. The van der Waals surface area contributed by atoms with E-state index in [1.54, 1.807) is 50.2 Å². The Morgan fingerprint density at radius 3 is 1.96 bits per heavy atom. The van der Waals surface area contributed by atoms with Gasteiger partial charge in [0, 0.05) is 0 Å². The second-order valence-electron chi connectivity index (χ2n) is 6.03. The third-order valence-corrected chi connectivity index (χ3v) is 5.31. The first-order valence-corrected chi connectivity index (χ1v) is 9.33. The molecular formula is C18H19N3O4S. The Balaban J connectivity index is 2.25. The van der Waals surface area contributed by atoms with Crippen LogP contribution in [0.5, 0.6) is 0 Å². The van der Waals surface area contributed by atoms with Gasteiger partial charge in [-0.3, -0.25) is 10.0 Å². The standard InChI is InChI=1S/C18H19N3O4S/c1-12(2)17(18(22)20-23)21-26(24,25)16-9-7-15(8-10-16)14-5-3-13(11-19)4-6-14/h3-10,12,17,21,23H,1-2H3,(H,20,22)/t17-/m1/s1. The average Bonchev–Trinajstić information content (AvgIpc) is 2.65. The summed E-state index contributed by atoms with van der Waals surface area (Å²) >= 11 is 0. The van der Waals surface area contributed by atoms with Gasteiger partial charge in [0.2, 0.25) is 10.0 Å². The fourth-order valence-electron chi connectivity index (χ4n) is 2.36. The number of hydrogen-bond acceptors (Lipinski definition) is 5. The van der Waals surface area contributed by atoms with Gasteiger partial charge in [0.25, 0.3) is 5.91 Å². The van der Waals surface area contributed by atoms with Crippen LogP contribution in [0.25, 0.3) is 11.1 Å². The lowest BCUT2D eigenvalue weighted by Crippen LogP contribution is -2.48. The van der Waals surface area contributed by atoms with E-state index in [0.717, 1.165) is 11.1 Å². The quantitative estimate of drug-likeness (QED) is 0.529. The van der Waals surface area contributed by atoms with Gasteiger partial charge in [-0.15, -0.1) is 0 Å². The molecule has 0 bridgehead atoms. The van der Waals surface area contributed by atoms with Crippen LogP contribution in [-0.2, 0) is 14.8 Å². The van der Waals surface area contributed by atoms with E-state index in [1.165, 1.54) is 17.6 Å². The van der Waals surface area contributed by atoms with Gasteiger partial charge in [-0.25, -0.2) is 13.9 Å². The molecule has 0 aliphatic heterocycles. The average molecular weight is 373 g/mol.